The number of hydrogen-bond donors (Lipinski definition) is 1. The van der Waals surface area contributed by atoms with Crippen molar-refractivity contribution in [3.63, 3.8) is 0 Å². The molecule has 2 aliphatic heterocycles. The highest BCUT2D eigenvalue weighted by Gasteiger charge is 2.34. The van der Waals surface area contributed by atoms with Crippen LogP contribution in [0.15, 0.2) is 30.3 Å². The van der Waals surface area contributed by atoms with E-state index >= 15 is 0 Å². The molecule has 3 rings (SSSR count). The number of nitrogens with zero attached hydrogens (tertiary/aromatic N) is 1. The molecular formula is C14H18N2O. The third kappa shape index (κ3) is 2.07. The molecule has 2 unspecified atom stereocenters. The lowest BCUT2D eigenvalue weighted by Crippen LogP contribution is -2.43. The van der Waals surface area contributed by atoms with Gasteiger partial charge in [-0.1, -0.05) is 18.2 Å². The minimum absolute atomic E-state index is 0.191. The first kappa shape index (κ1) is 10.8. The topological polar surface area (TPSA) is 32.3 Å². The van der Waals surface area contributed by atoms with Crippen molar-refractivity contribution >= 4 is 5.91 Å². The summed E-state index contributed by atoms with van der Waals surface area (Å²) in [7, 11) is 0. The largest absolute Gasteiger partial charge is 0.338 e. The molecule has 3 heteroatoms. The van der Waals surface area contributed by atoms with Gasteiger partial charge >= 0.3 is 0 Å². The Kier molecular flexibility index (Phi) is 2.85. The fraction of sp³-hybridized carbons (Fsp3) is 0.500. The molecule has 2 fully saturated rings. The van der Waals surface area contributed by atoms with Crippen LogP contribution in [-0.4, -0.2) is 37.0 Å². The second-order valence-corrected chi connectivity index (χ2v) is 5.08. The minimum atomic E-state index is 0.191. The molecule has 3 nitrogen and oxygen atoms in total. The second kappa shape index (κ2) is 4.49. The van der Waals surface area contributed by atoms with Gasteiger partial charge in [-0.25, -0.2) is 0 Å². The third-order valence-electron chi connectivity index (χ3n) is 4.01. The Labute approximate surface area is 102 Å². The standard InChI is InChI=1S/C14H18N2O/c17-14(11-4-2-1-3-5-11)16-7-6-12-8-15-9-13(12)10-16/h1-5,12-13,15H,6-10H2. The Bertz CT molecular complexity index is 404. The first-order chi connectivity index (χ1) is 8.34. The van der Waals surface area contributed by atoms with Crippen molar-refractivity contribution in [3.05, 3.63) is 35.9 Å². The molecule has 17 heavy (non-hydrogen) atoms. The van der Waals surface area contributed by atoms with Crippen molar-refractivity contribution in [1.29, 1.82) is 0 Å². The Morgan fingerprint density at radius 1 is 1.18 bits per heavy atom. The van der Waals surface area contributed by atoms with Crippen molar-refractivity contribution in [3.8, 4) is 0 Å². The van der Waals surface area contributed by atoms with Gasteiger partial charge in [-0.3, -0.25) is 4.79 Å². The van der Waals surface area contributed by atoms with Crippen molar-refractivity contribution in [2.75, 3.05) is 26.2 Å². The van der Waals surface area contributed by atoms with Crippen molar-refractivity contribution in [1.82, 2.24) is 10.2 Å². The second-order valence-electron chi connectivity index (χ2n) is 5.08. The van der Waals surface area contributed by atoms with Crippen LogP contribution >= 0.6 is 0 Å². The van der Waals surface area contributed by atoms with E-state index in [0.717, 1.165) is 44.1 Å². The van der Waals surface area contributed by atoms with Crippen LogP contribution in [0.5, 0.6) is 0 Å². The Hall–Kier alpha value is -1.35. The lowest BCUT2D eigenvalue weighted by atomic mass is 9.88. The molecule has 0 radical (unpaired) electrons. The summed E-state index contributed by atoms with van der Waals surface area (Å²) in [5, 5.41) is 3.43. The van der Waals surface area contributed by atoms with Crippen LogP contribution in [0.25, 0.3) is 0 Å². The van der Waals surface area contributed by atoms with E-state index in [1.807, 2.05) is 35.2 Å². The van der Waals surface area contributed by atoms with Gasteiger partial charge in [0, 0.05) is 18.7 Å². The molecule has 90 valence electrons. The number of rotatable bonds is 1. The average Bonchev–Trinajstić information content (AvgIpc) is 2.86. The summed E-state index contributed by atoms with van der Waals surface area (Å²) in [6.45, 7) is 4.04. The van der Waals surface area contributed by atoms with Gasteiger partial charge in [-0.15, -0.1) is 0 Å². The lowest BCUT2D eigenvalue weighted by molar-refractivity contribution is 0.0642. The van der Waals surface area contributed by atoms with E-state index in [1.54, 1.807) is 0 Å². The van der Waals surface area contributed by atoms with Crippen LogP contribution in [0.2, 0.25) is 0 Å². The first-order valence-electron chi connectivity index (χ1n) is 6.39. The Morgan fingerprint density at radius 3 is 2.76 bits per heavy atom. The summed E-state index contributed by atoms with van der Waals surface area (Å²) in [5.41, 5.74) is 0.817. The van der Waals surface area contributed by atoms with Crippen molar-refractivity contribution < 1.29 is 4.79 Å². The van der Waals surface area contributed by atoms with Gasteiger partial charge in [0.15, 0.2) is 0 Å². The summed E-state index contributed by atoms with van der Waals surface area (Å²) in [4.78, 5) is 14.3. The number of benzene rings is 1. The quantitative estimate of drug-likeness (QED) is 0.790. The van der Waals surface area contributed by atoms with Crippen molar-refractivity contribution in [2.24, 2.45) is 11.8 Å². The highest BCUT2D eigenvalue weighted by molar-refractivity contribution is 5.94. The van der Waals surface area contributed by atoms with E-state index in [4.69, 9.17) is 0 Å². The molecule has 0 aliphatic carbocycles. The molecule has 1 amide bonds. The summed E-state index contributed by atoms with van der Waals surface area (Å²) < 4.78 is 0. The van der Waals surface area contributed by atoms with Crippen LogP contribution in [-0.2, 0) is 0 Å². The number of likely N-dealkylation sites (tertiary alicyclic amines) is 1. The molecule has 1 aromatic rings. The van der Waals surface area contributed by atoms with Crippen LogP contribution in [0.4, 0.5) is 0 Å². The first-order valence-corrected chi connectivity index (χ1v) is 6.39. The molecule has 2 heterocycles. The number of piperidine rings is 1. The fourth-order valence-corrected chi connectivity index (χ4v) is 2.98. The zero-order valence-electron chi connectivity index (χ0n) is 9.93. The zero-order valence-corrected chi connectivity index (χ0v) is 9.93. The van der Waals surface area contributed by atoms with Gasteiger partial charge in [0.1, 0.15) is 0 Å². The molecule has 0 saturated carbocycles. The van der Waals surface area contributed by atoms with E-state index in [2.05, 4.69) is 5.32 Å². The lowest BCUT2D eigenvalue weighted by Gasteiger charge is -2.34. The Balaban J connectivity index is 1.71. The summed E-state index contributed by atoms with van der Waals surface area (Å²) in [6.07, 6.45) is 1.15. The van der Waals surface area contributed by atoms with Gasteiger partial charge in [0.2, 0.25) is 0 Å². The summed E-state index contributed by atoms with van der Waals surface area (Å²) in [5.74, 6) is 1.64. The molecule has 2 atom stereocenters. The highest BCUT2D eigenvalue weighted by atomic mass is 16.2. The number of carbonyl (C=O) groups excluding carboxylic acids is 1. The van der Waals surface area contributed by atoms with Crippen molar-refractivity contribution in [2.45, 2.75) is 6.42 Å². The maximum Gasteiger partial charge on any atom is 0.253 e. The maximum atomic E-state index is 12.3. The van der Waals surface area contributed by atoms with Gasteiger partial charge in [0.05, 0.1) is 0 Å². The monoisotopic (exact) mass is 230 g/mol. The van der Waals surface area contributed by atoms with Gasteiger partial charge in [-0.2, -0.15) is 0 Å². The maximum absolute atomic E-state index is 12.3. The van der Waals surface area contributed by atoms with Crippen LogP contribution in [0.3, 0.4) is 0 Å². The number of hydrogen-bond acceptors (Lipinski definition) is 2. The predicted molar refractivity (Wildman–Crippen MR) is 66.8 cm³/mol. The summed E-state index contributed by atoms with van der Waals surface area (Å²) in [6, 6.07) is 9.61. The van der Waals surface area contributed by atoms with E-state index in [-0.39, 0.29) is 5.91 Å². The number of fused-ring (bicyclic) bond motifs is 1. The minimum Gasteiger partial charge on any atom is -0.338 e. The smallest absolute Gasteiger partial charge is 0.253 e. The normalized spacial score (nSPS) is 27.9. The van der Waals surface area contributed by atoms with Crippen LogP contribution in [0, 0.1) is 11.8 Å². The molecule has 1 N–H and O–H groups in total. The predicted octanol–water partition coefficient (Wildman–Crippen LogP) is 1.37. The van der Waals surface area contributed by atoms with E-state index < -0.39 is 0 Å². The van der Waals surface area contributed by atoms with Gasteiger partial charge in [-0.05, 0) is 43.5 Å². The third-order valence-corrected chi connectivity index (χ3v) is 4.01. The number of carbonyl (C=O) groups is 1. The fourth-order valence-electron chi connectivity index (χ4n) is 2.98. The molecule has 1 aromatic carbocycles. The molecule has 0 spiro atoms. The number of nitrogens with one attached hydrogen (secondary N) is 1. The number of amides is 1. The zero-order chi connectivity index (χ0) is 11.7. The molecule has 0 aromatic heterocycles. The average molecular weight is 230 g/mol. The summed E-state index contributed by atoms with van der Waals surface area (Å²) >= 11 is 0. The molecule has 0 bridgehead atoms. The van der Waals surface area contributed by atoms with E-state index in [1.165, 1.54) is 0 Å². The molecular weight excluding hydrogens is 212 g/mol. The molecule has 2 saturated heterocycles. The van der Waals surface area contributed by atoms with E-state index in [9.17, 15) is 4.79 Å². The van der Waals surface area contributed by atoms with Gasteiger partial charge in [0.25, 0.3) is 5.91 Å². The van der Waals surface area contributed by atoms with Gasteiger partial charge < -0.3 is 10.2 Å². The van der Waals surface area contributed by atoms with E-state index in [0.29, 0.717) is 5.92 Å². The van der Waals surface area contributed by atoms with Crippen LogP contribution in [0.1, 0.15) is 16.8 Å². The Morgan fingerprint density at radius 2 is 1.94 bits per heavy atom. The molecule has 2 aliphatic rings. The SMILES string of the molecule is O=C(c1ccccc1)N1CCC2CNCC2C1. The van der Waals surface area contributed by atoms with Crippen LogP contribution < -0.4 is 5.32 Å². The highest BCUT2D eigenvalue weighted by Crippen LogP contribution is 2.27.